The average Bonchev–Trinajstić information content (AvgIpc) is 2.15. The lowest BCUT2D eigenvalue weighted by Crippen LogP contribution is -2.00. The first-order chi connectivity index (χ1) is 7.23. The molecule has 0 aromatic heterocycles. The van der Waals surface area contributed by atoms with Gasteiger partial charge in [0, 0.05) is 22.7 Å². The van der Waals surface area contributed by atoms with Crippen molar-refractivity contribution in [3.8, 4) is 0 Å². The maximum absolute atomic E-state index is 10.8. The molecule has 0 saturated heterocycles. The predicted octanol–water partition coefficient (Wildman–Crippen LogP) is 1.42. The van der Waals surface area contributed by atoms with Crippen LogP contribution in [0.15, 0.2) is 18.2 Å². The third-order valence-electron chi connectivity index (χ3n) is 1.79. The third-order valence-corrected chi connectivity index (χ3v) is 3.05. The van der Waals surface area contributed by atoms with Crippen molar-refractivity contribution in [2.75, 3.05) is 0 Å². The van der Waals surface area contributed by atoms with E-state index in [9.17, 15) is 19.8 Å². The number of halogens is 1. The normalized spacial score (nSPS) is 13.5. The summed E-state index contributed by atoms with van der Waals surface area (Å²) in [6.07, 6.45) is 0. The summed E-state index contributed by atoms with van der Waals surface area (Å²) in [7, 11) is -4.81. The predicted molar refractivity (Wildman–Crippen MR) is 55.1 cm³/mol. The fourth-order valence-corrected chi connectivity index (χ4v) is 1.90. The lowest BCUT2D eigenvalue weighted by Gasteiger charge is -2.13. The highest BCUT2D eigenvalue weighted by atomic mass is 35.5. The number of non-ortho nitro benzene ring substituents is 1. The van der Waals surface area contributed by atoms with Crippen LogP contribution in [0.5, 0.6) is 0 Å². The molecule has 1 aromatic carbocycles. The van der Waals surface area contributed by atoms with Crippen molar-refractivity contribution in [3.63, 3.8) is 0 Å². The molecule has 1 unspecified atom stereocenters. The van der Waals surface area contributed by atoms with Crippen molar-refractivity contribution >= 4 is 24.9 Å². The van der Waals surface area contributed by atoms with Gasteiger partial charge in [-0.15, -0.1) is 0 Å². The van der Waals surface area contributed by atoms with E-state index in [1.165, 1.54) is 0 Å². The minimum absolute atomic E-state index is 0.151. The Balaban J connectivity index is 3.27. The summed E-state index contributed by atoms with van der Waals surface area (Å²) in [5.41, 5.74) is -0.781. The molecule has 0 bridgehead atoms. The van der Waals surface area contributed by atoms with Crippen LogP contribution >= 0.6 is 19.2 Å². The summed E-state index contributed by atoms with van der Waals surface area (Å²) in [6.45, 7) is 0. The second kappa shape index (κ2) is 4.48. The Morgan fingerprint density at radius 2 is 2.00 bits per heavy atom. The largest absolute Gasteiger partial charge is 0.376 e. The number of hydrogen-bond acceptors (Lipinski definition) is 4. The van der Waals surface area contributed by atoms with Gasteiger partial charge in [-0.05, 0) is 6.07 Å². The van der Waals surface area contributed by atoms with Gasteiger partial charge in [-0.2, -0.15) is 0 Å². The highest BCUT2D eigenvalue weighted by Gasteiger charge is 2.31. The van der Waals surface area contributed by atoms with Crippen LogP contribution < -0.4 is 0 Å². The van der Waals surface area contributed by atoms with Crippen molar-refractivity contribution in [3.05, 3.63) is 38.9 Å². The molecule has 1 aromatic rings. The van der Waals surface area contributed by atoms with Crippen molar-refractivity contribution in [1.29, 1.82) is 0 Å². The number of nitrogens with zero attached hydrogens (tertiary/aromatic N) is 1. The molecule has 16 heavy (non-hydrogen) atoms. The van der Waals surface area contributed by atoms with Crippen LogP contribution in [0.1, 0.15) is 11.4 Å². The zero-order chi connectivity index (χ0) is 12.5. The molecule has 1 rings (SSSR count). The Kier molecular flexibility index (Phi) is 3.67. The zero-order valence-corrected chi connectivity index (χ0v) is 9.30. The average molecular weight is 268 g/mol. The van der Waals surface area contributed by atoms with E-state index in [0.717, 1.165) is 18.2 Å². The summed E-state index contributed by atoms with van der Waals surface area (Å²) in [5.74, 6) is -2.17. The summed E-state index contributed by atoms with van der Waals surface area (Å²) in [4.78, 5) is 27.1. The van der Waals surface area contributed by atoms with Gasteiger partial charge in [0.2, 0.25) is 0 Å². The Labute approximate surface area is 94.6 Å². The van der Waals surface area contributed by atoms with Gasteiger partial charge in [-0.3, -0.25) is 14.7 Å². The topological polar surface area (TPSA) is 121 Å². The smallest absolute Gasteiger partial charge is 0.358 e. The summed E-state index contributed by atoms with van der Waals surface area (Å²) >= 11 is 5.58. The van der Waals surface area contributed by atoms with Crippen LogP contribution in [-0.2, 0) is 4.57 Å². The monoisotopic (exact) mass is 267 g/mol. The van der Waals surface area contributed by atoms with E-state index >= 15 is 0 Å². The fourth-order valence-electron chi connectivity index (χ4n) is 1.02. The van der Waals surface area contributed by atoms with E-state index in [2.05, 4.69) is 0 Å². The van der Waals surface area contributed by atoms with Gasteiger partial charge in [-0.1, -0.05) is 11.6 Å². The highest BCUT2D eigenvalue weighted by Crippen LogP contribution is 2.51. The van der Waals surface area contributed by atoms with Crippen LogP contribution in [0.3, 0.4) is 0 Å². The van der Waals surface area contributed by atoms with Crippen molar-refractivity contribution in [2.24, 2.45) is 0 Å². The molecule has 9 heteroatoms. The lowest BCUT2D eigenvalue weighted by atomic mass is 10.2. The highest BCUT2D eigenvalue weighted by molar-refractivity contribution is 7.51. The molecule has 0 heterocycles. The molecular formula is C7H7ClNO6P. The van der Waals surface area contributed by atoms with Crippen molar-refractivity contribution in [2.45, 2.75) is 5.85 Å². The SMILES string of the molecule is O=[N+]([O-])c1ccc(Cl)c(C(O)P(=O)(O)O)c1. The number of hydrogen-bond donors (Lipinski definition) is 3. The van der Waals surface area contributed by atoms with E-state index in [1.807, 2.05) is 0 Å². The molecule has 88 valence electrons. The van der Waals surface area contributed by atoms with E-state index < -0.39 is 24.1 Å². The molecule has 0 aliphatic heterocycles. The lowest BCUT2D eigenvalue weighted by molar-refractivity contribution is -0.384. The number of aliphatic hydroxyl groups excluding tert-OH is 1. The van der Waals surface area contributed by atoms with Gasteiger partial charge in [-0.25, -0.2) is 0 Å². The van der Waals surface area contributed by atoms with E-state index in [1.54, 1.807) is 0 Å². The van der Waals surface area contributed by atoms with Crippen LogP contribution in [-0.4, -0.2) is 19.8 Å². The number of aliphatic hydroxyl groups is 1. The second-order valence-electron chi connectivity index (χ2n) is 2.93. The van der Waals surface area contributed by atoms with E-state index in [-0.39, 0.29) is 10.6 Å². The molecule has 7 nitrogen and oxygen atoms in total. The quantitative estimate of drug-likeness (QED) is 0.432. The first-order valence-electron chi connectivity index (χ1n) is 3.90. The van der Waals surface area contributed by atoms with Crippen molar-refractivity contribution < 1.29 is 24.4 Å². The molecule has 0 saturated carbocycles. The van der Waals surface area contributed by atoms with Gasteiger partial charge in [0.25, 0.3) is 5.69 Å². The fraction of sp³-hybridized carbons (Fsp3) is 0.143. The minimum atomic E-state index is -4.81. The Morgan fingerprint density at radius 3 is 2.44 bits per heavy atom. The Hall–Kier alpha value is -0.980. The molecular weight excluding hydrogens is 261 g/mol. The summed E-state index contributed by atoms with van der Waals surface area (Å²) in [6, 6.07) is 2.98. The first kappa shape index (κ1) is 13.1. The maximum Gasteiger partial charge on any atom is 0.358 e. The van der Waals surface area contributed by atoms with Gasteiger partial charge >= 0.3 is 7.60 Å². The summed E-state index contributed by atoms with van der Waals surface area (Å²) in [5, 5.41) is 19.5. The number of nitro groups is 1. The first-order valence-corrected chi connectivity index (χ1v) is 5.96. The van der Waals surface area contributed by atoms with E-state index in [4.69, 9.17) is 21.4 Å². The maximum atomic E-state index is 10.8. The van der Waals surface area contributed by atoms with Crippen LogP contribution in [0, 0.1) is 10.1 Å². The van der Waals surface area contributed by atoms with Crippen LogP contribution in [0.4, 0.5) is 5.69 Å². The standard InChI is InChI=1S/C7H7ClNO6P/c8-6-2-1-4(9(11)12)3-5(6)7(10)16(13,14)15/h1-3,7,10H,(H2,13,14,15). The van der Waals surface area contributed by atoms with Crippen LogP contribution in [0.25, 0.3) is 0 Å². The zero-order valence-electron chi connectivity index (χ0n) is 7.65. The second-order valence-corrected chi connectivity index (χ2v) is 5.00. The molecule has 0 spiro atoms. The molecule has 0 aliphatic carbocycles. The van der Waals surface area contributed by atoms with Crippen LogP contribution in [0.2, 0.25) is 5.02 Å². The molecule has 0 fully saturated rings. The Bertz CT molecular complexity index is 472. The van der Waals surface area contributed by atoms with Crippen molar-refractivity contribution in [1.82, 2.24) is 0 Å². The molecule has 1 atom stereocenters. The minimum Gasteiger partial charge on any atom is -0.376 e. The van der Waals surface area contributed by atoms with Gasteiger partial charge < -0.3 is 14.9 Å². The molecule has 0 aliphatic rings. The molecule has 0 radical (unpaired) electrons. The number of nitro benzene ring substituents is 1. The number of rotatable bonds is 3. The third kappa shape index (κ3) is 2.78. The van der Waals surface area contributed by atoms with Gasteiger partial charge in [0.05, 0.1) is 4.92 Å². The van der Waals surface area contributed by atoms with Gasteiger partial charge in [0.1, 0.15) is 0 Å². The molecule has 0 amide bonds. The number of benzene rings is 1. The Morgan fingerprint density at radius 1 is 1.44 bits per heavy atom. The summed E-state index contributed by atoms with van der Waals surface area (Å²) < 4.78 is 10.8. The van der Waals surface area contributed by atoms with E-state index in [0.29, 0.717) is 0 Å². The van der Waals surface area contributed by atoms with Gasteiger partial charge in [0.15, 0.2) is 5.85 Å². The molecule has 3 N–H and O–H groups in total.